The molecular formula is C28H26N4O3S. The van der Waals surface area contributed by atoms with Crippen LogP contribution in [-0.2, 0) is 11.8 Å². The van der Waals surface area contributed by atoms with Gasteiger partial charge in [0.05, 0.1) is 17.3 Å². The van der Waals surface area contributed by atoms with Gasteiger partial charge in [0.25, 0.3) is 11.5 Å². The number of nitriles is 1. The Morgan fingerprint density at radius 2 is 1.78 bits per heavy atom. The fourth-order valence-electron chi connectivity index (χ4n) is 4.49. The molecule has 0 radical (unpaired) electrons. The van der Waals surface area contributed by atoms with Crippen LogP contribution in [0.25, 0.3) is 22.0 Å². The molecule has 1 atom stereocenters. The van der Waals surface area contributed by atoms with Crippen molar-refractivity contribution in [2.75, 3.05) is 11.9 Å². The zero-order valence-corrected chi connectivity index (χ0v) is 21.6. The number of carbonyl (C=O) groups is 1. The first-order valence-corrected chi connectivity index (χ1v) is 12.5. The van der Waals surface area contributed by atoms with E-state index in [1.54, 1.807) is 41.9 Å². The molecule has 0 N–H and O–H groups in total. The lowest BCUT2D eigenvalue weighted by atomic mass is 9.96. The average molecular weight is 499 g/mol. The Hall–Kier alpha value is -3.96. The van der Waals surface area contributed by atoms with Crippen LogP contribution in [0, 0.1) is 24.2 Å². The van der Waals surface area contributed by atoms with Crippen LogP contribution < -0.4 is 15.2 Å². The number of hydrogen-bond acceptors (Lipinski definition) is 5. The molecule has 1 aliphatic rings. The Balaban J connectivity index is 1.74. The second-order valence-corrected chi connectivity index (χ2v) is 10.5. The number of anilines is 1. The van der Waals surface area contributed by atoms with E-state index < -0.39 is 6.10 Å². The highest BCUT2D eigenvalue weighted by atomic mass is 32.2. The van der Waals surface area contributed by atoms with Gasteiger partial charge in [-0.15, -0.1) is 0 Å². The number of likely N-dealkylation sites (N-methyl/N-ethyl adjacent to an activating group) is 1. The van der Waals surface area contributed by atoms with Gasteiger partial charge in [0.1, 0.15) is 5.52 Å². The van der Waals surface area contributed by atoms with Crippen LogP contribution in [0.15, 0.2) is 64.5 Å². The van der Waals surface area contributed by atoms with E-state index in [0.717, 1.165) is 15.8 Å². The topological polar surface area (TPSA) is 80.3 Å². The molecule has 0 fully saturated rings. The quantitative estimate of drug-likeness (QED) is 0.390. The predicted molar refractivity (Wildman–Crippen MR) is 142 cm³/mol. The Morgan fingerprint density at radius 1 is 1.06 bits per heavy atom. The van der Waals surface area contributed by atoms with Crippen LogP contribution in [-0.4, -0.2) is 27.6 Å². The second kappa shape index (κ2) is 8.92. The van der Waals surface area contributed by atoms with Crippen molar-refractivity contribution in [3.8, 4) is 22.9 Å². The van der Waals surface area contributed by atoms with Crippen molar-refractivity contribution >= 4 is 34.4 Å². The lowest BCUT2D eigenvalue weighted by Crippen LogP contribution is -2.46. The molecule has 0 aliphatic carbocycles. The van der Waals surface area contributed by atoms with Gasteiger partial charge in [-0.3, -0.25) is 13.6 Å². The fraction of sp³-hybridized carbons (Fsp3) is 0.250. The van der Waals surface area contributed by atoms with Crippen molar-refractivity contribution in [3.05, 3.63) is 76.3 Å². The molecule has 4 aromatic rings. The Bertz CT molecular complexity index is 1610. The van der Waals surface area contributed by atoms with Gasteiger partial charge in [-0.05, 0) is 55.1 Å². The maximum atomic E-state index is 13.3. The molecular weight excluding hydrogens is 472 g/mol. The van der Waals surface area contributed by atoms with Crippen LogP contribution in [0.1, 0.15) is 25.0 Å². The summed E-state index contributed by atoms with van der Waals surface area (Å²) in [6.07, 6.45) is 3.01. The molecule has 2 aromatic carbocycles. The summed E-state index contributed by atoms with van der Waals surface area (Å²) >= 11 is 1.47. The van der Waals surface area contributed by atoms with Crippen molar-refractivity contribution in [2.45, 2.75) is 31.8 Å². The van der Waals surface area contributed by atoms with Crippen LogP contribution in [0.2, 0.25) is 0 Å². The van der Waals surface area contributed by atoms with Crippen molar-refractivity contribution in [2.24, 2.45) is 13.0 Å². The summed E-state index contributed by atoms with van der Waals surface area (Å²) in [5.74, 6) is 0.349. The van der Waals surface area contributed by atoms with E-state index in [1.165, 1.54) is 17.5 Å². The third-order valence-corrected chi connectivity index (χ3v) is 7.47. The Morgan fingerprint density at radius 3 is 2.44 bits per heavy atom. The molecule has 7 nitrogen and oxygen atoms in total. The third-order valence-electron chi connectivity index (χ3n) is 6.49. The summed E-state index contributed by atoms with van der Waals surface area (Å²) in [6, 6.07) is 15.7. The number of nitrogens with zero attached hydrogens (tertiary/aromatic N) is 4. The average Bonchev–Trinajstić information content (AvgIpc) is 3.28. The summed E-state index contributed by atoms with van der Waals surface area (Å²) < 4.78 is 9.72. The summed E-state index contributed by atoms with van der Waals surface area (Å²) in [5.41, 5.74) is 3.96. The van der Waals surface area contributed by atoms with Gasteiger partial charge in [-0.1, -0.05) is 31.5 Å². The summed E-state index contributed by atoms with van der Waals surface area (Å²) in [7, 11) is 3.42. The lowest BCUT2D eigenvalue weighted by molar-refractivity contribution is -0.127. The third kappa shape index (κ3) is 3.86. The molecule has 0 bridgehead atoms. The maximum Gasteiger partial charge on any atom is 0.275 e. The van der Waals surface area contributed by atoms with Gasteiger partial charge in [0, 0.05) is 47.9 Å². The van der Waals surface area contributed by atoms with Crippen LogP contribution in [0.5, 0.6) is 5.75 Å². The number of fused-ring (bicyclic) bond motifs is 2. The molecule has 1 amide bonds. The fourth-order valence-corrected chi connectivity index (χ4v) is 5.37. The number of amides is 1. The number of ether oxygens (including phenoxy) is 1. The number of aromatic nitrogens is 2. The molecule has 2 aromatic heterocycles. The number of rotatable bonds is 4. The molecule has 1 unspecified atom stereocenters. The number of carbonyl (C=O) groups excluding carboxylic acids is 1. The summed E-state index contributed by atoms with van der Waals surface area (Å²) in [5, 5.41) is 10.5. The van der Waals surface area contributed by atoms with Gasteiger partial charge in [-0.2, -0.15) is 5.26 Å². The normalized spacial score (nSPS) is 15.2. The molecule has 5 rings (SSSR count). The molecule has 182 valence electrons. The highest BCUT2D eigenvalue weighted by molar-refractivity contribution is 7.98. The van der Waals surface area contributed by atoms with Crippen LogP contribution in [0.3, 0.4) is 0 Å². The zero-order chi connectivity index (χ0) is 25.7. The number of aryl methyl sites for hydroxylation is 2. The monoisotopic (exact) mass is 498 g/mol. The van der Waals surface area contributed by atoms with E-state index in [9.17, 15) is 14.9 Å². The van der Waals surface area contributed by atoms with Crippen molar-refractivity contribution < 1.29 is 9.53 Å². The zero-order valence-electron chi connectivity index (χ0n) is 20.8. The van der Waals surface area contributed by atoms with Gasteiger partial charge in [0.2, 0.25) is 0 Å². The minimum Gasteiger partial charge on any atom is -0.477 e. The molecule has 1 aliphatic heterocycles. The van der Waals surface area contributed by atoms with Crippen molar-refractivity contribution in [1.82, 2.24) is 8.54 Å². The number of benzene rings is 2. The first-order chi connectivity index (χ1) is 17.2. The SMILES string of the molecule is Cc1ccc(Sn2ccc3c(-c4cc(C#N)cc5c4OC(C(C)C)C(=O)N5C)cn(C)c(=O)c32)cc1. The lowest BCUT2D eigenvalue weighted by Gasteiger charge is -2.35. The molecule has 0 spiro atoms. The van der Waals surface area contributed by atoms with Crippen LogP contribution in [0.4, 0.5) is 5.69 Å². The van der Waals surface area contributed by atoms with Gasteiger partial charge >= 0.3 is 0 Å². The predicted octanol–water partition coefficient (Wildman–Crippen LogP) is 5.12. The van der Waals surface area contributed by atoms with Crippen molar-refractivity contribution in [3.63, 3.8) is 0 Å². The van der Waals surface area contributed by atoms with E-state index in [4.69, 9.17) is 4.74 Å². The molecule has 3 heterocycles. The minimum atomic E-state index is -0.640. The highest BCUT2D eigenvalue weighted by Crippen LogP contribution is 2.45. The van der Waals surface area contributed by atoms with E-state index >= 15 is 0 Å². The molecule has 8 heteroatoms. The summed E-state index contributed by atoms with van der Waals surface area (Å²) in [4.78, 5) is 28.8. The number of hydrogen-bond donors (Lipinski definition) is 0. The second-order valence-electron chi connectivity index (χ2n) is 9.43. The van der Waals surface area contributed by atoms with Crippen molar-refractivity contribution in [1.29, 1.82) is 5.26 Å². The van der Waals surface area contributed by atoms with Gasteiger partial charge in [-0.25, -0.2) is 0 Å². The minimum absolute atomic E-state index is 0.0382. The summed E-state index contributed by atoms with van der Waals surface area (Å²) in [6.45, 7) is 5.92. The molecule has 0 saturated heterocycles. The van der Waals surface area contributed by atoms with E-state index in [1.807, 2.05) is 61.3 Å². The van der Waals surface area contributed by atoms with Crippen LogP contribution >= 0.6 is 11.9 Å². The maximum absolute atomic E-state index is 13.3. The smallest absolute Gasteiger partial charge is 0.275 e. The largest absolute Gasteiger partial charge is 0.477 e. The Labute approximate surface area is 213 Å². The van der Waals surface area contributed by atoms with E-state index in [2.05, 4.69) is 6.07 Å². The van der Waals surface area contributed by atoms with Gasteiger partial charge < -0.3 is 14.2 Å². The standard InChI is InChI=1S/C28H26N4O3S/c1-16(2)25-28(34)31(5)23-13-18(14-29)12-21(26(23)35-25)22-15-30(4)27(33)24-20(22)10-11-32(24)36-19-8-6-17(3)7-9-19/h6-13,15-16,25H,1-5H3. The van der Waals surface area contributed by atoms with E-state index in [-0.39, 0.29) is 17.4 Å². The van der Waals surface area contributed by atoms with Gasteiger partial charge in [0.15, 0.2) is 11.9 Å². The molecule has 36 heavy (non-hydrogen) atoms. The number of pyridine rings is 1. The first-order valence-electron chi connectivity index (χ1n) is 11.7. The molecule has 0 saturated carbocycles. The Kier molecular flexibility index (Phi) is 5.89. The van der Waals surface area contributed by atoms with E-state index in [0.29, 0.717) is 28.1 Å². The highest BCUT2D eigenvalue weighted by Gasteiger charge is 2.36. The first kappa shape index (κ1) is 23.8.